The first-order valence-electron chi connectivity index (χ1n) is 3.40. The van der Waals surface area contributed by atoms with E-state index in [1.54, 1.807) is 10.8 Å². The Morgan fingerprint density at radius 2 is 2.50 bits per heavy atom. The number of hydrogen-bond acceptors (Lipinski definition) is 2. The van der Waals surface area contributed by atoms with Crippen molar-refractivity contribution in [2.45, 2.75) is 13.0 Å². The van der Waals surface area contributed by atoms with Gasteiger partial charge in [0.05, 0.1) is 0 Å². The second-order valence-corrected chi connectivity index (χ2v) is 2.41. The van der Waals surface area contributed by atoms with Gasteiger partial charge in [-0.3, -0.25) is 4.57 Å². The molecule has 1 aromatic heterocycles. The van der Waals surface area contributed by atoms with E-state index in [-0.39, 0.29) is 5.69 Å². The molecule has 0 unspecified atom stereocenters. The van der Waals surface area contributed by atoms with Crippen LogP contribution in [0.3, 0.4) is 0 Å². The summed E-state index contributed by atoms with van der Waals surface area (Å²) in [6.45, 7) is 1.81. The van der Waals surface area contributed by atoms with Crippen LogP contribution in [0.2, 0.25) is 0 Å². The minimum Gasteiger partial charge on any atom is -0.370 e. The largest absolute Gasteiger partial charge is 0.370 e. The summed E-state index contributed by atoms with van der Waals surface area (Å²) in [6.07, 6.45) is 2.74. The predicted octanol–water partition coefficient (Wildman–Crippen LogP) is -0.00800. The normalized spacial score (nSPS) is 16.0. The van der Waals surface area contributed by atoms with E-state index < -0.39 is 0 Å². The molecule has 0 aromatic carbocycles. The van der Waals surface area contributed by atoms with Gasteiger partial charge in [-0.1, -0.05) is 0 Å². The van der Waals surface area contributed by atoms with Crippen molar-refractivity contribution in [3.05, 3.63) is 16.7 Å². The van der Waals surface area contributed by atoms with Crippen LogP contribution in [0.15, 0.2) is 11.0 Å². The molecule has 1 aliphatic rings. The fraction of sp³-hybridized carbons (Fsp3) is 0.500. The molecule has 0 amide bonds. The van der Waals surface area contributed by atoms with Gasteiger partial charge in [0.25, 0.3) is 0 Å². The maximum Gasteiger partial charge on any atom is 0.327 e. The van der Waals surface area contributed by atoms with E-state index in [9.17, 15) is 4.79 Å². The summed E-state index contributed by atoms with van der Waals surface area (Å²) in [5, 5.41) is 3.12. The summed E-state index contributed by atoms with van der Waals surface area (Å²) >= 11 is 0. The molecule has 0 fully saturated rings. The van der Waals surface area contributed by atoms with Crippen molar-refractivity contribution in [2.24, 2.45) is 0 Å². The average molecular weight is 139 g/mol. The van der Waals surface area contributed by atoms with Gasteiger partial charge in [0.2, 0.25) is 0 Å². The van der Waals surface area contributed by atoms with Crippen molar-refractivity contribution < 1.29 is 0 Å². The van der Waals surface area contributed by atoms with Crippen LogP contribution in [0.4, 0.5) is 5.82 Å². The van der Waals surface area contributed by atoms with Crippen molar-refractivity contribution in [1.82, 2.24) is 9.55 Å². The average Bonchev–Trinajstić information content (AvgIpc) is 2.34. The Balaban J connectivity index is 2.55. The molecule has 54 valence electrons. The van der Waals surface area contributed by atoms with Gasteiger partial charge in [0.15, 0.2) is 0 Å². The minimum absolute atomic E-state index is 0.0119. The molecule has 4 heteroatoms. The monoisotopic (exact) mass is 139 g/mol. The highest BCUT2D eigenvalue weighted by atomic mass is 16.1. The third-order valence-electron chi connectivity index (χ3n) is 1.73. The van der Waals surface area contributed by atoms with Gasteiger partial charge in [0.1, 0.15) is 5.82 Å². The lowest BCUT2D eigenvalue weighted by molar-refractivity contribution is 0.613. The lowest BCUT2D eigenvalue weighted by atomic mass is 10.3. The molecule has 1 aliphatic heterocycles. The molecule has 1 aromatic rings. The van der Waals surface area contributed by atoms with E-state index in [2.05, 4.69) is 10.3 Å². The minimum atomic E-state index is -0.0119. The van der Waals surface area contributed by atoms with Crippen LogP contribution in [0.1, 0.15) is 6.42 Å². The van der Waals surface area contributed by atoms with E-state index >= 15 is 0 Å². The molecule has 0 aliphatic carbocycles. The zero-order valence-electron chi connectivity index (χ0n) is 5.55. The molecule has 0 spiro atoms. The second-order valence-electron chi connectivity index (χ2n) is 2.41. The van der Waals surface area contributed by atoms with Gasteiger partial charge < -0.3 is 10.3 Å². The van der Waals surface area contributed by atoms with Crippen LogP contribution in [-0.2, 0) is 6.54 Å². The van der Waals surface area contributed by atoms with Crippen molar-refractivity contribution in [3.8, 4) is 0 Å². The molecule has 10 heavy (non-hydrogen) atoms. The summed E-state index contributed by atoms with van der Waals surface area (Å²) in [5.74, 6) is 0.913. The first kappa shape index (κ1) is 5.58. The Hall–Kier alpha value is -1.19. The van der Waals surface area contributed by atoms with E-state index in [0.717, 1.165) is 25.3 Å². The fourth-order valence-electron chi connectivity index (χ4n) is 1.22. The Morgan fingerprint density at radius 3 is 3.30 bits per heavy atom. The highest BCUT2D eigenvalue weighted by molar-refractivity contribution is 5.33. The van der Waals surface area contributed by atoms with E-state index in [4.69, 9.17) is 0 Å². The summed E-state index contributed by atoms with van der Waals surface area (Å²) in [6, 6.07) is 0. The number of nitrogens with one attached hydrogen (secondary N) is 2. The smallest absolute Gasteiger partial charge is 0.327 e. The number of anilines is 1. The van der Waals surface area contributed by atoms with E-state index in [1.807, 2.05) is 0 Å². The number of H-pyrrole nitrogens is 1. The summed E-state index contributed by atoms with van der Waals surface area (Å²) in [7, 11) is 0. The maximum absolute atomic E-state index is 10.9. The Labute approximate surface area is 57.9 Å². The standard InChI is InChI=1S/C6H9N3O/c10-6-8-4-5-7-2-1-3-9(5)6/h4,7H,1-3H2,(H,8,10). The van der Waals surface area contributed by atoms with Crippen LogP contribution < -0.4 is 11.0 Å². The molecule has 4 nitrogen and oxygen atoms in total. The first-order valence-corrected chi connectivity index (χ1v) is 3.40. The number of imidazole rings is 1. The molecule has 0 radical (unpaired) electrons. The van der Waals surface area contributed by atoms with Gasteiger partial charge in [-0.25, -0.2) is 4.79 Å². The summed E-state index contributed by atoms with van der Waals surface area (Å²) in [5.41, 5.74) is -0.0119. The van der Waals surface area contributed by atoms with Crippen molar-refractivity contribution in [1.29, 1.82) is 0 Å². The number of rotatable bonds is 0. The van der Waals surface area contributed by atoms with Gasteiger partial charge in [-0.15, -0.1) is 0 Å². The topological polar surface area (TPSA) is 49.8 Å². The lowest BCUT2D eigenvalue weighted by Gasteiger charge is -2.14. The summed E-state index contributed by atoms with van der Waals surface area (Å²) in [4.78, 5) is 13.6. The molecule has 0 atom stereocenters. The Bertz CT molecular complexity index is 285. The SMILES string of the molecule is O=c1[nH]cc2n1CCCN2. The highest BCUT2D eigenvalue weighted by Crippen LogP contribution is 2.07. The third kappa shape index (κ3) is 0.650. The lowest BCUT2D eigenvalue weighted by Crippen LogP contribution is -2.24. The molecular weight excluding hydrogens is 130 g/mol. The van der Waals surface area contributed by atoms with E-state index in [0.29, 0.717) is 0 Å². The molecule has 2 rings (SSSR count). The number of fused-ring (bicyclic) bond motifs is 1. The van der Waals surface area contributed by atoms with Crippen molar-refractivity contribution >= 4 is 5.82 Å². The zero-order chi connectivity index (χ0) is 6.97. The predicted molar refractivity (Wildman–Crippen MR) is 38.2 cm³/mol. The third-order valence-corrected chi connectivity index (χ3v) is 1.73. The molecule has 0 saturated carbocycles. The number of nitrogens with zero attached hydrogens (tertiary/aromatic N) is 1. The second kappa shape index (κ2) is 1.90. The Morgan fingerprint density at radius 1 is 1.60 bits per heavy atom. The van der Waals surface area contributed by atoms with Crippen LogP contribution in [0.5, 0.6) is 0 Å². The van der Waals surface area contributed by atoms with Crippen molar-refractivity contribution in [3.63, 3.8) is 0 Å². The van der Waals surface area contributed by atoms with Crippen LogP contribution >= 0.6 is 0 Å². The molecule has 0 bridgehead atoms. The van der Waals surface area contributed by atoms with Gasteiger partial charge in [-0.2, -0.15) is 0 Å². The van der Waals surface area contributed by atoms with Crippen LogP contribution in [-0.4, -0.2) is 16.1 Å². The van der Waals surface area contributed by atoms with Gasteiger partial charge in [0, 0.05) is 19.3 Å². The fourth-order valence-corrected chi connectivity index (χ4v) is 1.22. The van der Waals surface area contributed by atoms with Crippen LogP contribution in [0, 0.1) is 0 Å². The molecule has 0 saturated heterocycles. The zero-order valence-corrected chi connectivity index (χ0v) is 5.55. The quantitative estimate of drug-likeness (QED) is 0.531. The first-order chi connectivity index (χ1) is 4.88. The van der Waals surface area contributed by atoms with Gasteiger partial charge >= 0.3 is 5.69 Å². The molecule has 2 heterocycles. The summed E-state index contributed by atoms with van der Waals surface area (Å²) < 4.78 is 1.71. The number of aromatic amines is 1. The molecule has 2 N–H and O–H groups in total. The Kier molecular flexibility index (Phi) is 1.06. The van der Waals surface area contributed by atoms with E-state index in [1.165, 1.54) is 0 Å². The van der Waals surface area contributed by atoms with Crippen LogP contribution in [0.25, 0.3) is 0 Å². The van der Waals surface area contributed by atoms with Crippen molar-refractivity contribution in [2.75, 3.05) is 11.9 Å². The maximum atomic E-state index is 10.9. The number of hydrogen-bond donors (Lipinski definition) is 2. The van der Waals surface area contributed by atoms with Gasteiger partial charge in [-0.05, 0) is 6.42 Å². The number of aromatic nitrogens is 2. The molecular formula is C6H9N3O. The highest BCUT2D eigenvalue weighted by Gasteiger charge is 2.08.